The molecule has 3 rings (SSSR count). The zero-order valence-electron chi connectivity index (χ0n) is 16.8. The number of nitro benzene ring substituents is 1. The number of phenolic OH excluding ortho intramolecular Hbond substituents is 1. The van der Waals surface area contributed by atoms with E-state index in [1.165, 1.54) is 25.1 Å². The number of allylic oxidation sites excluding steroid dienone is 1. The molecule has 0 spiro atoms. The van der Waals surface area contributed by atoms with Crippen LogP contribution in [0.4, 0.5) is 10.5 Å². The van der Waals surface area contributed by atoms with Gasteiger partial charge in [-0.15, -0.1) is 0 Å². The molecule has 162 valence electrons. The molecule has 11 heteroatoms. The third-order valence-corrected chi connectivity index (χ3v) is 5.23. The van der Waals surface area contributed by atoms with Gasteiger partial charge >= 0.3 is 17.7 Å². The molecule has 1 aromatic carbocycles. The lowest BCUT2D eigenvalue weighted by molar-refractivity contribution is -0.386. The number of carbonyl (C=O) groups excluding carboxylic acids is 2. The van der Waals surface area contributed by atoms with Crippen LogP contribution < -0.4 is 10.1 Å². The van der Waals surface area contributed by atoms with E-state index in [4.69, 9.17) is 14.2 Å². The molecular weight excluding hydrogens is 398 g/mol. The van der Waals surface area contributed by atoms with Crippen LogP contribution in [0, 0.1) is 10.1 Å². The quantitative estimate of drug-likeness (QED) is 0.404. The largest absolute Gasteiger partial charge is 0.500 e. The zero-order chi connectivity index (χ0) is 22.0. The van der Waals surface area contributed by atoms with Gasteiger partial charge in [0.25, 0.3) is 0 Å². The fourth-order valence-corrected chi connectivity index (χ4v) is 3.45. The first-order valence-electron chi connectivity index (χ1n) is 9.33. The number of phenols is 1. The van der Waals surface area contributed by atoms with Gasteiger partial charge in [0.15, 0.2) is 5.75 Å². The van der Waals surface area contributed by atoms with E-state index in [9.17, 15) is 24.8 Å². The predicted molar refractivity (Wildman–Crippen MR) is 103 cm³/mol. The molecule has 0 aliphatic carbocycles. The maximum Gasteiger partial charge on any atom is 0.338 e. The summed E-state index contributed by atoms with van der Waals surface area (Å²) in [5.41, 5.74) is 0.0522. The fraction of sp³-hybridized carbons (Fsp3) is 0.474. The standard InChI is InChI=1S/C19H23N3O8/c1-10-15(18(24)30-9-12-5-4-6-29-12)16(20-19(25)21(10)2)11-7-13(22(26)27)17(23)14(8-11)28-3/h7-8,12,16,23H,4-6,9H2,1-3H3,(H,20,25)/t12-,16+/m1/s1. The molecule has 2 N–H and O–H groups in total. The molecule has 2 aliphatic heterocycles. The van der Waals surface area contributed by atoms with Gasteiger partial charge in [-0.3, -0.25) is 10.1 Å². The van der Waals surface area contributed by atoms with Crippen molar-refractivity contribution < 1.29 is 33.8 Å². The van der Waals surface area contributed by atoms with Gasteiger partial charge in [-0.2, -0.15) is 0 Å². The minimum Gasteiger partial charge on any atom is -0.500 e. The summed E-state index contributed by atoms with van der Waals surface area (Å²) in [6.07, 6.45) is 1.49. The van der Waals surface area contributed by atoms with Crippen LogP contribution in [0.25, 0.3) is 0 Å². The van der Waals surface area contributed by atoms with E-state index in [-0.39, 0.29) is 29.6 Å². The lowest BCUT2D eigenvalue weighted by atomic mass is 9.94. The van der Waals surface area contributed by atoms with Gasteiger partial charge in [-0.1, -0.05) is 0 Å². The monoisotopic (exact) mass is 421 g/mol. The highest BCUT2D eigenvalue weighted by molar-refractivity contribution is 5.95. The Bertz CT molecular complexity index is 907. The van der Waals surface area contributed by atoms with Crippen LogP contribution >= 0.6 is 0 Å². The number of methoxy groups -OCH3 is 1. The van der Waals surface area contributed by atoms with E-state index >= 15 is 0 Å². The second-order valence-electron chi connectivity index (χ2n) is 7.02. The average molecular weight is 421 g/mol. The smallest absolute Gasteiger partial charge is 0.338 e. The summed E-state index contributed by atoms with van der Waals surface area (Å²) in [5, 5.41) is 24.0. The number of aromatic hydroxyl groups is 1. The van der Waals surface area contributed by atoms with Crippen LogP contribution in [0.15, 0.2) is 23.4 Å². The molecule has 1 fully saturated rings. The molecule has 2 heterocycles. The molecule has 1 saturated heterocycles. The molecule has 2 amide bonds. The number of hydrogen-bond acceptors (Lipinski definition) is 8. The Morgan fingerprint density at radius 3 is 2.80 bits per heavy atom. The van der Waals surface area contributed by atoms with Gasteiger partial charge < -0.3 is 29.5 Å². The summed E-state index contributed by atoms with van der Waals surface area (Å²) in [6, 6.07) is 0.898. The highest BCUT2D eigenvalue weighted by Crippen LogP contribution is 2.41. The molecule has 0 saturated carbocycles. The molecule has 30 heavy (non-hydrogen) atoms. The van der Waals surface area contributed by atoms with Crippen molar-refractivity contribution in [1.82, 2.24) is 10.2 Å². The SMILES string of the molecule is COc1cc([C@@H]2NC(=O)N(C)C(C)=C2C(=O)OC[C@H]2CCCO2)cc([N+](=O)[O-])c1O. The van der Waals surface area contributed by atoms with E-state index in [0.717, 1.165) is 18.9 Å². The van der Waals surface area contributed by atoms with Crippen molar-refractivity contribution in [3.63, 3.8) is 0 Å². The van der Waals surface area contributed by atoms with Crippen molar-refractivity contribution in [3.05, 3.63) is 39.1 Å². The number of rotatable bonds is 6. The molecule has 0 unspecified atom stereocenters. The van der Waals surface area contributed by atoms with E-state index in [2.05, 4.69) is 5.32 Å². The third-order valence-electron chi connectivity index (χ3n) is 5.23. The van der Waals surface area contributed by atoms with Crippen LogP contribution in [-0.4, -0.2) is 60.4 Å². The van der Waals surface area contributed by atoms with Gasteiger partial charge in [-0.25, -0.2) is 9.59 Å². The lowest BCUT2D eigenvalue weighted by Gasteiger charge is -2.33. The summed E-state index contributed by atoms with van der Waals surface area (Å²) < 4.78 is 15.9. The van der Waals surface area contributed by atoms with Crippen molar-refractivity contribution in [2.45, 2.75) is 31.9 Å². The summed E-state index contributed by atoms with van der Waals surface area (Å²) in [7, 11) is 2.74. The minimum atomic E-state index is -1.03. The number of nitro groups is 1. The molecule has 0 radical (unpaired) electrons. The predicted octanol–water partition coefficient (Wildman–Crippen LogP) is 2.00. The van der Waals surface area contributed by atoms with Crippen LogP contribution in [-0.2, 0) is 14.3 Å². The minimum absolute atomic E-state index is 0.0685. The number of nitrogens with zero attached hydrogens (tertiary/aromatic N) is 2. The first-order chi connectivity index (χ1) is 14.2. The van der Waals surface area contributed by atoms with Crippen molar-refractivity contribution >= 4 is 17.7 Å². The van der Waals surface area contributed by atoms with E-state index in [1.54, 1.807) is 6.92 Å². The molecular formula is C19H23N3O8. The Labute approximate surface area is 172 Å². The van der Waals surface area contributed by atoms with Crippen molar-refractivity contribution in [3.8, 4) is 11.5 Å². The first-order valence-corrected chi connectivity index (χ1v) is 9.33. The number of hydrogen-bond donors (Lipinski definition) is 2. The van der Waals surface area contributed by atoms with Crippen molar-refractivity contribution in [1.29, 1.82) is 0 Å². The zero-order valence-corrected chi connectivity index (χ0v) is 16.8. The summed E-state index contributed by atoms with van der Waals surface area (Å²) in [4.78, 5) is 37.1. The van der Waals surface area contributed by atoms with Gasteiger partial charge in [0.2, 0.25) is 5.75 Å². The normalized spacial score (nSPS) is 21.4. The van der Waals surface area contributed by atoms with Crippen LogP contribution in [0.5, 0.6) is 11.5 Å². The number of amides is 2. The highest BCUT2D eigenvalue weighted by Gasteiger charge is 2.37. The molecule has 0 bridgehead atoms. The second kappa shape index (κ2) is 8.57. The van der Waals surface area contributed by atoms with Gasteiger partial charge in [0.05, 0.1) is 29.8 Å². The molecule has 0 aromatic heterocycles. The Hall–Kier alpha value is -3.34. The maximum absolute atomic E-state index is 12.9. The number of urea groups is 1. The molecule has 2 atom stereocenters. The summed E-state index contributed by atoms with van der Waals surface area (Å²) >= 11 is 0. The van der Waals surface area contributed by atoms with Crippen molar-refractivity contribution in [2.24, 2.45) is 0 Å². The van der Waals surface area contributed by atoms with E-state index < -0.39 is 34.4 Å². The Kier molecular flexibility index (Phi) is 6.11. The van der Waals surface area contributed by atoms with E-state index in [0.29, 0.717) is 12.3 Å². The Morgan fingerprint density at radius 2 is 2.20 bits per heavy atom. The maximum atomic E-state index is 12.9. The van der Waals surface area contributed by atoms with Gasteiger partial charge in [-0.05, 0) is 31.4 Å². The second-order valence-corrected chi connectivity index (χ2v) is 7.02. The molecule has 1 aromatic rings. The average Bonchev–Trinajstić information content (AvgIpc) is 3.23. The number of ether oxygens (including phenoxy) is 3. The topological polar surface area (TPSA) is 140 Å². The molecule has 11 nitrogen and oxygen atoms in total. The van der Waals surface area contributed by atoms with Gasteiger partial charge in [0, 0.05) is 25.4 Å². The van der Waals surface area contributed by atoms with Crippen molar-refractivity contribution in [2.75, 3.05) is 27.4 Å². The first kappa shape index (κ1) is 21.4. The number of nitrogens with one attached hydrogen (secondary N) is 1. The highest BCUT2D eigenvalue weighted by atomic mass is 16.6. The van der Waals surface area contributed by atoms with Gasteiger partial charge in [0.1, 0.15) is 6.61 Å². The third kappa shape index (κ3) is 4.01. The fourth-order valence-electron chi connectivity index (χ4n) is 3.45. The molecule has 2 aliphatic rings. The van der Waals surface area contributed by atoms with Crippen LogP contribution in [0.3, 0.4) is 0 Å². The summed E-state index contributed by atoms with van der Waals surface area (Å²) in [6.45, 7) is 2.27. The number of benzene rings is 1. The Balaban J connectivity index is 2.00. The van der Waals surface area contributed by atoms with Crippen LogP contribution in [0.1, 0.15) is 31.4 Å². The van der Waals surface area contributed by atoms with E-state index in [1.807, 2.05) is 0 Å². The lowest BCUT2D eigenvalue weighted by Crippen LogP contribution is -2.46. The Morgan fingerprint density at radius 1 is 1.47 bits per heavy atom. The van der Waals surface area contributed by atoms with Crippen LogP contribution in [0.2, 0.25) is 0 Å². The summed E-state index contributed by atoms with van der Waals surface area (Å²) in [5.74, 6) is -1.47. The number of esters is 1. The number of carbonyl (C=O) groups is 2.